The molecule has 4 nitrogen and oxygen atoms in total. The lowest BCUT2D eigenvalue weighted by molar-refractivity contribution is -0.124. The summed E-state index contributed by atoms with van der Waals surface area (Å²) in [5.41, 5.74) is 1.38. The van der Waals surface area contributed by atoms with E-state index in [4.69, 9.17) is 4.74 Å². The predicted molar refractivity (Wildman–Crippen MR) is 75.1 cm³/mol. The van der Waals surface area contributed by atoms with Crippen molar-refractivity contribution in [2.75, 3.05) is 6.61 Å². The van der Waals surface area contributed by atoms with E-state index in [9.17, 15) is 9.90 Å². The number of benzene rings is 1. The normalized spacial score (nSPS) is 11.2. The molecule has 1 aromatic rings. The number of carbonyl (C=O) groups excluding carboxylic acids is 1. The molecule has 1 rings (SSSR count). The van der Waals surface area contributed by atoms with Crippen molar-refractivity contribution in [3.63, 3.8) is 0 Å². The van der Waals surface area contributed by atoms with Gasteiger partial charge in [0.15, 0.2) is 6.61 Å². The Morgan fingerprint density at radius 2 is 2.11 bits per heavy atom. The molecule has 0 heterocycles. The van der Waals surface area contributed by atoms with Crippen molar-refractivity contribution < 1.29 is 14.6 Å². The maximum absolute atomic E-state index is 11.8. The number of ether oxygens (including phenoxy) is 1. The SMILES string of the molecule is CCC(C)(C)NC(=O)COc1c(C)cccc1CO. The van der Waals surface area contributed by atoms with Crippen LogP contribution in [0.25, 0.3) is 0 Å². The number of amides is 1. The first kappa shape index (κ1) is 15.5. The van der Waals surface area contributed by atoms with Crippen molar-refractivity contribution in [3.8, 4) is 5.75 Å². The van der Waals surface area contributed by atoms with Crippen molar-refractivity contribution in [2.24, 2.45) is 0 Å². The molecular weight excluding hydrogens is 242 g/mol. The smallest absolute Gasteiger partial charge is 0.258 e. The molecule has 0 saturated carbocycles. The van der Waals surface area contributed by atoms with Crippen LogP contribution in [-0.4, -0.2) is 23.2 Å². The van der Waals surface area contributed by atoms with Gasteiger partial charge in [0.1, 0.15) is 5.75 Å². The van der Waals surface area contributed by atoms with E-state index in [-0.39, 0.29) is 24.7 Å². The highest BCUT2D eigenvalue weighted by Crippen LogP contribution is 2.23. The van der Waals surface area contributed by atoms with E-state index >= 15 is 0 Å². The minimum Gasteiger partial charge on any atom is -0.483 e. The van der Waals surface area contributed by atoms with Crippen LogP contribution in [0.1, 0.15) is 38.3 Å². The standard InChI is InChI=1S/C15H23NO3/c1-5-15(3,4)16-13(18)10-19-14-11(2)7-6-8-12(14)9-17/h6-8,17H,5,9-10H2,1-4H3,(H,16,18). The van der Waals surface area contributed by atoms with E-state index in [1.807, 2.05) is 39.8 Å². The third-order valence-corrected chi connectivity index (χ3v) is 3.17. The van der Waals surface area contributed by atoms with Crippen molar-refractivity contribution in [2.45, 2.75) is 46.3 Å². The first-order valence-corrected chi connectivity index (χ1v) is 6.52. The average molecular weight is 265 g/mol. The molecule has 2 N–H and O–H groups in total. The Bertz CT molecular complexity index is 441. The molecular formula is C15H23NO3. The number of aliphatic hydroxyl groups is 1. The number of aryl methyl sites for hydroxylation is 1. The lowest BCUT2D eigenvalue weighted by Gasteiger charge is -2.24. The van der Waals surface area contributed by atoms with Gasteiger partial charge in [0.25, 0.3) is 5.91 Å². The molecule has 0 aliphatic carbocycles. The zero-order chi connectivity index (χ0) is 14.5. The van der Waals surface area contributed by atoms with E-state index in [0.717, 1.165) is 12.0 Å². The summed E-state index contributed by atoms with van der Waals surface area (Å²) in [6.45, 7) is 7.71. The third kappa shape index (κ3) is 4.56. The number of nitrogens with one attached hydrogen (secondary N) is 1. The number of aliphatic hydroxyl groups excluding tert-OH is 1. The highest BCUT2D eigenvalue weighted by molar-refractivity contribution is 5.78. The summed E-state index contributed by atoms with van der Waals surface area (Å²) in [7, 11) is 0. The summed E-state index contributed by atoms with van der Waals surface area (Å²) in [6.07, 6.45) is 0.852. The number of carbonyl (C=O) groups is 1. The van der Waals surface area contributed by atoms with Crippen LogP contribution in [0, 0.1) is 6.92 Å². The lowest BCUT2D eigenvalue weighted by atomic mass is 10.0. The van der Waals surface area contributed by atoms with Crippen molar-refractivity contribution in [1.82, 2.24) is 5.32 Å². The molecule has 0 fully saturated rings. The molecule has 0 aliphatic heterocycles. The van der Waals surface area contributed by atoms with Crippen LogP contribution < -0.4 is 10.1 Å². The third-order valence-electron chi connectivity index (χ3n) is 3.17. The van der Waals surface area contributed by atoms with Crippen LogP contribution in [0.2, 0.25) is 0 Å². The highest BCUT2D eigenvalue weighted by atomic mass is 16.5. The van der Waals surface area contributed by atoms with Gasteiger partial charge in [-0.05, 0) is 32.8 Å². The van der Waals surface area contributed by atoms with Crippen LogP contribution in [0.15, 0.2) is 18.2 Å². The van der Waals surface area contributed by atoms with Crippen LogP contribution in [0.4, 0.5) is 0 Å². The Balaban J connectivity index is 2.65. The van der Waals surface area contributed by atoms with E-state index in [1.54, 1.807) is 6.07 Å². The summed E-state index contributed by atoms with van der Waals surface area (Å²) in [5.74, 6) is 0.438. The fraction of sp³-hybridized carbons (Fsp3) is 0.533. The molecule has 0 spiro atoms. The predicted octanol–water partition coefficient (Wildman–Crippen LogP) is 2.17. The summed E-state index contributed by atoms with van der Waals surface area (Å²) >= 11 is 0. The largest absolute Gasteiger partial charge is 0.483 e. The van der Waals surface area contributed by atoms with Crippen LogP contribution >= 0.6 is 0 Å². The van der Waals surface area contributed by atoms with Crippen LogP contribution in [0.3, 0.4) is 0 Å². The van der Waals surface area contributed by atoms with Gasteiger partial charge in [0, 0.05) is 11.1 Å². The Morgan fingerprint density at radius 1 is 1.42 bits per heavy atom. The first-order valence-electron chi connectivity index (χ1n) is 6.52. The Hall–Kier alpha value is -1.55. The summed E-state index contributed by atoms with van der Waals surface area (Å²) in [5, 5.41) is 12.2. The van der Waals surface area contributed by atoms with E-state index in [2.05, 4.69) is 5.32 Å². The van der Waals surface area contributed by atoms with Crippen LogP contribution in [-0.2, 0) is 11.4 Å². The van der Waals surface area contributed by atoms with Gasteiger partial charge < -0.3 is 15.2 Å². The number of hydrogen-bond acceptors (Lipinski definition) is 3. The van der Waals surface area contributed by atoms with Gasteiger partial charge in [-0.3, -0.25) is 4.79 Å². The van der Waals surface area contributed by atoms with Gasteiger partial charge in [-0.2, -0.15) is 0 Å². The fourth-order valence-electron chi connectivity index (χ4n) is 1.68. The summed E-state index contributed by atoms with van der Waals surface area (Å²) in [6, 6.07) is 5.53. The van der Waals surface area contributed by atoms with Crippen LogP contribution in [0.5, 0.6) is 5.75 Å². The van der Waals surface area contributed by atoms with Gasteiger partial charge in [-0.25, -0.2) is 0 Å². The monoisotopic (exact) mass is 265 g/mol. The number of rotatable bonds is 6. The molecule has 1 amide bonds. The second-order valence-corrected chi connectivity index (χ2v) is 5.30. The van der Waals surface area contributed by atoms with Crippen molar-refractivity contribution in [3.05, 3.63) is 29.3 Å². The van der Waals surface area contributed by atoms with E-state index in [0.29, 0.717) is 11.3 Å². The molecule has 0 saturated heterocycles. The summed E-state index contributed by atoms with van der Waals surface area (Å²) in [4.78, 5) is 11.8. The Kier molecular flexibility index (Phi) is 5.36. The molecule has 19 heavy (non-hydrogen) atoms. The lowest BCUT2D eigenvalue weighted by Crippen LogP contribution is -2.45. The molecule has 1 aromatic carbocycles. The minimum absolute atomic E-state index is 0.0404. The number of para-hydroxylation sites is 1. The molecule has 4 heteroatoms. The zero-order valence-electron chi connectivity index (χ0n) is 12.1. The molecule has 0 unspecified atom stereocenters. The van der Waals surface area contributed by atoms with Gasteiger partial charge in [-0.1, -0.05) is 25.1 Å². The first-order chi connectivity index (χ1) is 8.89. The number of hydrogen-bond donors (Lipinski definition) is 2. The molecule has 0 aromatic heterocycles. The molecule has 106 valence electrons. The molecule has 0 bridgehead atoms. The maximum Gasteiger partial charge on any atom is 0.258 e. The van der Waals surface area contributed by atoms with Gasteiger partial charge >= 0.3 is 0 Å². The molecule has 0 aliphatic rings. The quantitative estimate of drug-likeness (QED) is 0.828. The average Bonchev–Trinajstić information content (AvgIpc) is 2.36. The summed E-state index contributed by atoms with van der Waals surface area (Å²) < 4.78 is 5.54. The molecule has 0 radical (unpaired) electrons. The van der Waals surface area contributed by atoms with Gasteiger partial charge in [0.05, 0.1) is 6.61 Å². The van der Waals surface area contributed by atoms with E-state index < -0.39 is 0 Å². The maximum atomic E-state index is 11.8. The second-order valence-electron chi connectivity index (χ2n) is 5.30. The van der Waals surface area contributed by atoms with Crippen molar-refractivity contribution in [1.29, 1.82) is 0 Å². The Morgan fingerprint density at radius 3 is 2.68 bits per heavy atom. The minimum atomic E-state index is -0.230. The zero-order valence-corrected chi connectivity index (χ0v) is 12.1. The topological polar surface area (TPSA) is 58.6 Å². The van der Waals surface area contributed by atoms with E-state index in [1.165, 1.54) is 0 Å². The highest BCUT2D eigenvalue weighted by Gasteiger charge is 2.18. The Labute approximate surface area is 114 Å². The van der Waals surface area contributed by atoms with Gasteiger partial charge in [0.2, 0.25) is 0 Å². The second kappa shape index (κ2) is 6.57. The molecule has 0 atom stereocenters. The fourth-order valence-corrected chi connectivity index (χ4v) is 1.68. The van der Waals surface area contributed by atoms with Crippen molar-refractivity contribution >= 4 is 5.91 Å². The van der Waals surface area contributed by atoms with Gasteiger partial charge in [-0.15, -0.1) is 0 Å².